The summed E-state index contributed by atoms with van der Waals surface area (Å²) in [7, 11) is 0. The molecule has 0 unspecified atom stereocenters. The van der Waals surface area contributed by atoms with Crippen LogP contribution in [-0.4, -0.2) is 21.3 Å². The lowest BCUT2D eigenvalue weighted by Crippen LogP contribution is -2.25. The van der Waals surface area contributed by atoms with E-state index in [0.29, 0.717) is 10.6 Å². The van der Waals surface area contributed by atoms with Gasteiger partial charge in [0.15, 0.2) is 0 Å². The van der Waals surface area contributed by atoms with Gasteiger partial charge in [-0.15, -0.1) is 0 Å². The molecule has 21 heavy (non-hydrogen) atoms. The van der Waals surface area contributed by atoms with Crippen molar-refractivity contribution in [2.45, 2.75) is 13.0 Å². The summed E-state index contributed by atoms with van der Waals surface area (Å²) < 4.78 is 1.43. The van der Waals surface area contributed by atoms with Crippen LogP contribution in [0.4, 0.5) is 0 Å². The molecule has 5 nitrogen and oxygen atoms in total. The van der Waals surface area contributed by atoms with E-state index in [1.807, 2.05) is 0 Å². The normalized spacial score (nSPS) is 14.3. The largest absolute Gasteiger partial charge is 0.364 e. The highest BCUT2D eigenvalue weighted by molar-refractivity contribution is 6.30. The summed E-state index contributed by atoms with van der Waals surface area (Å²) in [6.45, 7) is 1.68. The van der Waals surface area contributed by atoms with E-state index in [4.69, 9.17) is 11.6 Å². The molecule has 1 aromatic rings. The Morgan fingerprint density at radius 2 is 2.05 bits per heavy atom. The number of nitrogens with zero attached hydrogens (tertiary/aromatic N) is 2. The Morgan fingerprint density at radius 3 is 2.86 bits per heavy atom. The van der Waals surface area contributed by atoms with Crippen LogP contribution in [0.5, 0.6) is 0 Å². The fourth-order valence-electron chi connectivity index (χ4n) is 2.75. The van der Waals surface area contributed by atoms with Gasteiger partial charge in [-0.2, -0.15) is 9.78 Å². The molecular formula is C15H13ClN4O. The Balaban J connectivity index is 1.95. The van der Waals surface area contributed by atoms with E-state index in [-0.39, 0.29) is 5.56 Å². The molecule has 0 aromatic heterocycles. The van der Waals surface area contributed by atoms with Crippen LogP contribution in [0.3, 0.4) is 0 Å². The van der Waals surface area contributed by atoms with Crippen molar-refractivity contribution in [3.05, 3.63) is 57.1 Å². The minimum Gasteiger partial charge on any atom is -0.364 e. The third-order valence-electron chi connectivity index (χ3n) is 3.84. The predicted molar refractivity (Wildman–Crippen MR) is 81.2 cm³/mol. The molecule has 3 aliphatic heterocycles. The summed E-state index contributed by atoms with van der Waals surface area (Å²) in [4.78, 5) is 15.8. The van der Waals surface area contributed by atoms with Gasteiger partial charge in [0, 0.05) is 42.0 Å². The van der Waals surface area contributed by atoms with E-state index >= 15 is 0 Å². The molecule has 1 aromatic carbocycles. The van der Waals surface area contributed by atoms with Crippen molar-refractivity contribution in [3.63, 3.8) is 0 Å². The Bertz CT molecular complexity index is 834. The number of halogens is 1. The van der Waals surface area contributed by atoms with E-state index in [2.05, 4.69) is 15.4 Å². The summed E-state index contributed by atoms with van der Waals surface area (Å²) in [5.41, 5.74) is 4.24. The molecule has 3 heterocycles. The molecule has 0 fully saturated rings. The second-order valence-corrected chi connectivity index (χ2v) is 5.56. The first-order valence-electron chi connectivity index (χ1n) is 6.83. The third-order valence-corrected chi connectivity index (χ3v) is 4.10. The van der Waals surface area contributed by atoms with Crippen molar-refractivity contribution in [2.75, 3.05) is 6.54 Å². The fourth-order valence-corrected chi connectivity index (χ4v) is 2.88. The van der Waals surface area contributed by atoms with Crippen LogP contribution >= 0.6 is 11.6 Å². The molecule has 0 atom stereocenters. The van der Waals surface area contributed by atoms with Crippen LogP contribution in [0.15, 0.2) is 35.3 Å². The number of H-pyrrole nitrogens is 1. The summed E-state index contributed by atoms with van der Waals surface area (Å²) in [6.07, 6.45) is 2.69. The molecule has 2 N–H and O–H groups in total. The Labute approximate surface area is 125 Å². The lowest BCUT2D eigenvalue weighted by atomic mass is 10.0. The maximum atomic E-state index is 12.5. The summed E-state index contributed by atoms with van der Waals surface area (Å²) in [5.74, 6) is 0. The SMILES string of the molecule is O=c1c2c[nH]c3c(c-2nn1-c1ccc(Cl)cc1)CNCC3. The Kier molecular flexibility index (Phi) is 2.83. The van der Waals surface area contributed by atoms with Crippen molar-refractivity contribution >= 4 is 11.6 Å². The number of aromatic nitrogens is 3. The van der Waals surface area contributed by atoms with E-state index in [9.17, 15) is 4.79 Å². The Hall–Kier alpha value is -2.11. The average molecular weight is 301 g/mol. The lowest BCUT2D eigenvalue weighted by molar-refractivity contribution is 0.629. The Morgan fingerprint density at radius 1 is 1.24 bits per heavy atom. The van der Waals surface area contributed by atoms with E-state index in [1.54, 1.807) is 30.5 Å². The van der Waals surface area contributed by atoms with Gasteiger partial charge < -0.3 is 10.3 Å². The first-order chi connectivity index (χ1) is 10.2. The third kappa shape index (κ3) is 1.97. The molecule has 0 bridgehead atoms. The number of fused-ring (bicyclic) bond motifs is 3. The smallest absolute Gasteiger partial charge is 0.282 e. The summed E-state index contributed by atoms with van der Waals surface area (Å²) in [5, 5.41) is 8.48. The monoisotopic (exact) mass is 300 g/mol. The molecule has 0 saturated carbocycles. The highest BCUT2D eigenvalue weighted by Crippen LogP contribution is 2.25. The fraction of sp³-hybridized carbons (Fsp3) is 0.200. The topological polar surface area (TPSA) is 62.7 Å². The van der Waals surface area contributed by atoms with E-state index in [1.165, 1.54) is 4.68 Å². The second-order valence-electron chi connectivity index (χ2n) is 5.13. The summed E-state index contributed by atoms with van der Waals surface area (Å²) in [6, 6.07) is 7.10. The average Bonchev–Trinajstić information content (AvgIpc) is 2.86. The number of benzene rings is 1. The number of hydrogen-bond donors (Lipinski definition) is 2. The highest BCUT2D eigenvalue weighted by atomic mass is 35.5. The molecule has 0 radical (unpaired) electrons. The standard InChI is InChI=1S/C15H13ClN4O/c16-9-1-3-10(4-2-9)20-15(21)12-8-18-13-5-6-17-7-11(13)14(12)19-20/h1-4,8,17-18H,5-7H2. The molecule has 0 saturated heterocycles. The molecular weight excluding hydrogens is 288 g/mol. The van der Waals surface area contributed by atoms with Gasteiger partial charge in [0.05, 0.1) is 11.3 Å². The number of aromatic amines is 1. The first kappa shape index (κ1) is 12.6. The number of rotatable bonds is 1. The van der Waals surface area contributed by atoms with Gasteiger partial charge in [0.2, 0.25) is 0 Å². The minimum absolute atomic E-state index is 0.114. The van der Waals surface area contributed by atoms with Crippen molar-refractivity contribution in [1.82, 2.24) is 20.1 Å². The van der Waals surface area contributed by atoms with Gasteiger partial charge in [-0.3, -0.25) is 4.79 Å². The van der Waals surface area contributed by atoms with Crippen molar-refractivity contribution in [3.8, 4) is 16.9 Å². The van der Waals surface area contributed by atoms with E-state index < -0.39 is 0 Å². The number of pyridine rings is 1. The van der Waals surface area contributed by atoms with Crippen molar-refractivity contribution < 1.29 is 0 Å². The van der Waals surface area contributed by atoms with Gasteiger partial charge in [-0.05, 0) is 24.3 Å². The number of hydrogen-bond acceptors (Lipinski definition) is 3. The zero-order valence-corrected chi connectivity index (χ0v) is 11.9. The van der Waals surface area contributed by atoms with Crippen LogP contribution in [0.1, 0.15) is 11.3 Å². The van der Waals surface area contributed by atoms with Crippen LogP contribution in [0, 0.1) is 0 Å². The quantitative estimate of drug-likeness (QED) is 0.722. The van der Waals surface area contributed by atoms with E-state index in [0.717, 1.165) is 42.1 Å². The van der Waals surface area contributed by atoms with Crippen LogP contribution in [-0.2, 0) is 13.0 Å². The van der Waals surface area contributed by atoms with Crippen LogP contribution in [0.2, 0.25) is 5.02 Å². The van der Waals surface area contributed by atoms with Gasteiger partial charge >= 0.3 is 0 Å². The molecule has 3 aliphatic rings. The molecule has 6 heteroatoms. The zero-order valence-electron chi connectivity index (χ0n) is 11.2. The second kappa shape index (κ2) is 4.72. The lowest BCUT2D eigenvalue weighted by Gasteiger charge is -2.18. The maximum Gasteiger partial charge on any atom is 0.282 e. The molecule has 4 rings (SSSR count). The highest BCUT2D eigenvalue weighted by Gasteiger charge is 2.23. The van der Waals surface area contributed by atoms with Gasteiger partial charge in [0.1, 0.15) is 5.69 Å². The maximum absolute atomic E-state index is 12.5. The number of nitrogens with one attached hydrogen (secondary N) is 2. The van der Waals surface area contributed by atoms with Gasteiger partial charge in [-0.25, -0.2) is 0 Å². The molecule has 0 spiro atoms. The molecule has 0 amide bonds. The van der Waals surface area contributed by atoms with Crippen molar-refractivity contribution in [1.29, 1.82) is 0 Å². The first-order valence-corrected chi connectivity index (χ1v) is 7.20. The zero-order chi connectivity index (χ0) is 14.4. The van der Waals surface area contributed by atoms with Crippen molar-refractivity contribution in [2.24, 2.45) is 0 Å². The molecule has 0 aliphatic carbocycles. The minimum atomic E-state index is -0.114. The van der Waals surface area contributed by atoms with Gasteiger partial charge in [-0.1, -0.05) is 11.6 Å². The summed E-state index contributed by atoms with van der Waals surface area (Å²) >= 11 is 5.89. The molecule has 106 valence electrons. The van der Waals surface area contributed by atoms with Crippen LogP contribution < -0.4 is 10.9 Å². The predicted octanol–water partition coefficient (Wildman–Crippen LogP) is 1.96. The van der Waals surface area contributed by atoms with Gasteiger partial charge in [0.25, 0.3) is 5.56 Å². The van der Waals surface area contributed by atoms with Crippen LogP contribution in [0.25, 0.3) is 16.9 Å².